The van der Waals surface area contributed by atoms with Gasteiger partial charge in [0.2, 0.25) is 5.91 Å². The Hall–Kier alpha value is -1.35. The molecule has 2 rings (SSSR count). The van der Waals surface area contributed by atoms with Crippen LogP contribution >= 0.6 is 0 Å². The summed E-state index contributed by atoms with van der Waals surface area (Å²) in [7, 11) is 0. The molecule has 0 heterocycles. The summed E-state index contributed by atoms with van der Waals surface area (Å²) in [4.78, 5) is 11.7. The van der Waals surface area contributed by atoms with Crippen molar-refractivity contribution in [3.05, 3.63) is 35.9 Å². The van der Waals surface area contributed by atoms with Crippen LogP contribution in [0.2, 0.25) is 0 Å². The fourth-order valence-corrected chi connectivity index (χ4v) is 2.40. The Morgan fingerprint density at radius 3 is 2.63 bits per heavy atom. The monoisotopic (exact) mass is 261 g/mol. The van der Waals surface area contributed by atoms with E-state index in [1.807, 2.05) is 18.2 Å². The molecule has 0 bridgehead atoms. The van der Waals surface area contributed by atoms with E-state index in [-0.39, 0.29) is 17.9 Å². The largest absolute Gasteiger partial charge is 0.396 e. The number of hydrogen-bond donors (Lipinski definition) is 2. The number of carbonyl (C=O) groups excluding carboxylic acids is 1. The molecule has 0 aliphatic heterocycles. The minimum absolute atomic E-state index is 0.139. The first kappa shape index (κ1) is 14.1. The summed E-state index contributed by atoms with van der Waals surface area (Å²) in [6, 6.07) is 10.3. The molecule has 3 nitrogen and oxygen atoms in total. The third-order valence-corrected chi connectivity index (χ3v) is 3.97. The zero-order chi connectivity index (χ0) is 13.6. The van der Waals surface area contributed by atoms with Gasteiger partial charge in [0.05, 0.1) is 0 Å². The molecule has 1 aliphatic rings. The fourth-order valence-electron chi connectivity index (χ4n) is 2.40. The molecule has 1 aromatic carbocycles. The lowest BCUT2D eigenvalue weighted by molar-refractivity contribution is -0.121. The van der Waals surface area contributed by atoms with Crippen molar-refractivity contribution in [2.24, 2.45) is 5.41 Å². The van der Waals surface area contributed by atoms with Gasteiger partial charge in [-0.25, -0.2) is 0 Å². The van der Waals surface area contributed by atoms with E-state index in [1.54, 1.807) is 0 Å². The van der Waals surface area contributed by atoms with E-state index < -0.39 is 0 Å². The molecule has 19 heavy (non-hydrogen) atoms. The van der Waals surface area contributed by atoms with E-state index in [1.165, 1.54) is 5.56 Å². The number of aliphatic hydroxyl groups excluding tert-OH is 1. The number of rotatable bonds is 8. The predicted octanol–water partition coefficient (Wildman–Crippen LogP) is 2.29. The lowest BCUT2D eigenvalue weighted by Gasteiger charge is -2.14. The molecule has 0 aromatic heterocycles. The number of nitrogens with one attached hydrogen (secondary N) is 1. The van der Waals surface area contributed by atoms with Crippen molar-refractivity contribution in [3.63, 3.8) is 0 Å². The van der Waals surface area contributed by atoms with Gasteiger partial charge in [0.25, 0.3) is 0 Å². The first-order chi connectivity index (χ1) is 9.24. The molecule has 1 fully saturated rings. The number of aliphatic hydroxyl groups is 1. The molecule has 0 atom stereocenters. The Balaban J connectivity index is 1.60. The normalized spacial score (nSPS) is 16.1. The van der Waals surface area contributed by atoms with Gasteiger partial charge in [-0.3, -0.25) is 4.79 Å². The standard InChI is InChI=1S/C16H23NO2/c18-12-11-16(9-10-16)13-17-15(19)8-4-7-14-5-2-1-3-6-14/h1-3,5-6,18H,4,7-13H2,(H,17,19). The molecule has 3 heteroatoms. The number of hydrogen-bond acceptors (Lipinski definition) is 2. The van der Waals surface area contributed by atoms with Crippen LogP contribution in [0.15, 0.2) is 30.3 Å². The van der Waals surface area contributed by atoms with Crippen LogP contribution in [0, 0.1) is 5.41 Å². The van der Waals surface area contributed by atoms with Crippen molar-refractivity contribution < 1.29 is 9.90 Å². The summed E-state index contributed by atoms with van der Waals surface area (Å²) in [6.45, 7) is 0.960. The molecular weight excluding hydrogens is 238 g/mol. The Bertz CT molecular complexity index is 398. The predicted molar refractivity (Wildman–Crippen MR) is 75.8 cm³/mol. The highest BCUT2D eigenvalue weighted by Gasteiger charge is 2.41. The van der Waals surface area contributed by atoms with E-state index in [0.717, 1.165) is 38.6 Å². The number of amides is 1. The van der Waals surface area contributed by atoms with Crippen LogP contribution in [0.25, 0.3) is 0 Å². The molecule has 0 saturated heterocycles. The first-order valence-corrected chi connectivity index (χ1v) is 7.16. The van der Waals surface area contributed by atoms with Gasteiger partial charge in [-0.2, -0.15) is 0 Å². The molecule has 1 saturated carbocycles. The second-order valence-corrected chi connectivity index (χ2v) is 5.59. The van der Waals surface area contributed by atoms with Crippen molar-refractivity contribution in [2.75, 3.05) is 13.2 Å². The van der Waals surface area contributed by atoms with Gasteiger partial charge in [0.15, 0.2) is 0 Å². The Kier molecular flexibility index (Phi) is 4.97. The van der Waals surface area contributed by atoms with Crippen molar-refractivity contribution >= 4 is 5.91 Å². The van der Waals surface area contributed by atoms with Gasteiger partial charge >= 0.3 is 0 Å². The van der Waals surface area contributed by atoms with Crippen molar-refractivity contribution in [3.8, 4) is 0 Å². The lowest BCUT2D eigenvalue weighted by Crippen LogP contribution is -2.30. The third kappa shape index (κ3) is 4.67. The maximum absolute atomic E-state index is 11.7. The summed E-state index contributed by atoms with van der Waals surface area (Å²) < 4.78 is 0. The van der Waals surface area contributed by atoms with E-state index in [4.69, 9.17) is 5.11 Å². The van der Waals surface area contributed by atoms with E-state index in [0.29, 0.717) is 6.42 Å². The quantitative estimate of drug-likeness (QED) is 0.754. The highest BCUT2D eigenvalue weighted by atomic mass is 16.3. The highest BCUT2D eigenvalue weighted by molar-refractivity contribution is 5.75. The Morgan fingerprint density at radius 1 is 1.26 bits per heavy atom. The SMILES string of the molecule is O=C(CCCc1ccccc1)NCC1(CCO)CC1. The van der Waals surface area contributed by atoms with Gasteiger partial charge < -0.3 is 10.4 Å². The minimum Gasteiger partial charge on any atom is -0.396 e. The average molecular weight is 261 g/mol. The van der Waals surface area contributed by atoms with Crippen LogP contribution in [0.5, 0.6) is 0 Å². The average Bonchev–Trinajstić information content (AvgIpc) is 3.19. The van der Waals surface area contributed by atoms with Crippen LogP contribution < -0.4 is 5.32 Å². The van der Waals surface area contributed by atoms with E-state index in [9.17, 15) is 4.79 Å². The maximum atomic E-state index is 11.7. The van der Waals surface area contributed by atoms with Crippen molar-refractivity contribution in [1.29, 1.82) is 0 Å². The molecule has 2 N–H and O–H groups in total. The minimum atomic E-state index is 0.139. The van der Waals surface area contributed by atoms with Gasteiger partial charge in [-0.15, -0.1) is 0 Å². The van der Waals surface area contributed by atoms with Crippen LogP contribution in [0.4, 0.5) is 0 Å². The molecule has 1 aliphatic carbocycles. The summed E-state index contributed by atoms with van der Waals surface area (Å²) in [5, 5.41) is 12.0. The number of aryl methyl sites for hydroxylation is 1. The van der Waals surface area contributed by atoms with Crippen LogP contribution in [0.3, 0.4) is 0 Å². The second kappa shape index (κ2) is 6.71. The first-order valence-electron chi connectivity index (χ1n) is 7.16. The van der Waals surface area contributed by atoms with Gasteiger partial charge in [-0.05, 0) is 43.1 Å². The molecule has 0 radical (unpaired) electrons. The Labute approximate surface area is 115 Å². The third-order valence-electron chi connectivity index (χ3n) is 3.97. The van der Waals surface area contributed by atoms with Crippen LogP contribution in [0.1, 0.15) is 37.7 Å². The summed E-state index contributed by atoms with van der Waals surface area (Å²) in [5.74, 6) is 0.139. The summed E-state index contributed by atoms with van der Waals surface area (Å²) in [6.07, 6.45) is 5.52. The zero-order valence-electron chi connectivity index (χ0n) is 11.4. The zero-order valence-corrected chi connectivity index (χ0v) is 11.4. The smallest absolute Gasteiger partial charge is 0.220 e. The van der Waals surface area contributed by atoms with Gasteiger partial charge in [0.1, 0.15) is 0 Å². The van der Waals surface area contributed by atoms with Crippen molar-refractivity contribution in [1.82, 2.24) is 5.32 Å². The van der Waals surface area contributed by atoms with E-state index >= 15 is 0 Å². The summed E-state index contributed by atoms with van der Waals surface area (Å²) in [5.41, 5.74) is 1.50. The fraction of sp³-hybridized carbons (Fsp3) is 0.562. The van der Waals surface area contributed by atoms with Gasteiger partial charge in [-0.1, -0.05) is 30.3 Å². The lowest BCUT2D eigenvalue weighted by atomic mass is 10.0. The van der Waals surface area contributed by atoms with E-state index in [2.05, 4.69) is 17.4 Å². The molecule has 0 unspecified atom stereocenters. The Morgan fingerprint density at radius 2 is 2.00 bits per heavy atom. The maximum Gasteiger partial charge on any atom is 0.220 e. The van der Waals surface area contributed by atoms with Crippen LogP contribution in [-0.4, -0.2) is 24.2 Å². The molecule has 104 valence electrons. The molecule has 0 spiro atoms. The second-order valence-electron chi connectivity index (χ2n) is 5.59. The molecular formula is C16H23NO2. The van der Waals surface area contributed by atoms with Gasteiger partial charge in [0, 0.05) is 19.6 Å². The molecule has 1 aromatic rings. The van der Waals surface area contributed by atoms with Crippen molar-refractivity contribution in [2.45, 2.75) is 38.5 Å². The topological polar surface area (TPSA) is 49.3 Å². The summed E-state index contributed by atoms with van der Waals surface area (Å²) >= 11 is 0. The number of carbonyl (C=O) groups is 1. The molecule has 1 amide bonds. The number of benzene rings is 1. The van der Waals surface area contributed by atoms with Crippen LogP contribution in [-0.2, 0) is 11.2 Å². The highest BCUT2D eigenvalue weighted by Crippen LogP contribution is 2.47.